The molecule has 8 heavy (non-hydrogen) atoms. The first-order valence-corrected chi connectivity index (χ1v) is 2.92. The van der Waals surface area contributed by atoms with Gasteiger partial charge in [-0.05, 0) is 13.8 Å². The summed E-state index contributed by atoms with van der Waals surface area (Å²) in [5, 5.41) is 9.15. The van der Waals surface area contributed by atoms with E-state index in [1.165, 1.54) is 0 Å². The van der Waals surface area contributed by atoms with Gasteiger partial charge in [0.25, 0.3) is 0 Å². The van der Waals surface area contributed by atoms with Crippen LogP contribution in [0.5, 0.6) is 0 Å². The van der Waals surface area contributed by atoms with E-state index < -0.39 is 5.60 Å². The van der Waals surface area contributed by atoms with Gasteiger partial charge in [0.05, 0.1) is 18.3 Å². The number of epoxide rings is 1. The summed E-state index contributed by atoms with van der Waals surface area (Å²) in [5.74, 6) is 0. The molecule has 0 saturated carbocycles. The highest BCUT2D eigenvalue weighted by atomic mass is 16.6. The molecule has 0 radical (unpaired) electrons. The van der Waals surface area contributed by atoms with E-state index in [0.717, 1.165) is 13.0 Å². The topological polar surface area (TPSA) is 32.8 Å². The van der Waals surface area contributed by atoms with Crippen molar-refractivity contribution < 1.29 is 9.84 Å². The third-order valence-electron chi connectivity index (χ3n) is 1.13. The van der Waals surface area contributed by atoms with E-state index in [2.05, 4.69) is 0 Å². The van der Waals surface area contributed by atoms with Gasteiger partial charge in [-0.25, -0.2) is 0 Å². The van der Waals surface area contributed by atoms with E-state index in [1.807, 2.05) is 0 Å². The molecule has 1 fully saturated rings. The molecule has 48 valence electrons. The van der Waals surface area contributed by atoms with Crippen LogP contribution in [0.4, 0.5) is 0 Å². The minimum Gasteiger partial charge on any atom is -0.390 e. The molecule has 0 aromatic heterocycles. The van der Waals surface area contributed by atoms with Gasteiger partial charge in [0.15, 0.2) is 0 Å². The van der Waals surface area contributed by atoms with Crippen LogP contribution in [0.3, 0.4) is 0 Å². The predicted molar refractivity (Wildman–Crippen MR) is 30.7 cm³/mol. The van der Waals surface area contributed by atoms with Crippen LogP contribution in [0.1, 0.15) is 20.3 Å². The number of ether oxygens (including phenoxy) is 1. The van der Waals surface area contributed by atoms with Crippen LogP contribution >= 0.6 is 0 Å². The Labute approximate surface area is 49.5 Å². The fourth-order valence-corrected chi connectivity index (χ4v) is 0.743. The summed E-state index contributed by atoms with van der Waals surface area (Å²) in [5.41, 5.74) is -0.541. The van der Waals surface area contributed by atoms with E-state index in [1.54, 1.807) is 13.8 Å². The normalized spacial score (nSPS) is 28.1. The first-order valence-electron chi connectivity index (χ1n) is 2.92. The molecule has 1 rings (SSSR count). The minimum absolute atomic E-state index is 0.343. The maximum Gasteiger partial charge on any atom is 0.0837 e. The van der Waals surface area contributed by atoms with Gasteiger partial charge in [-0.1, -0.05) is 0 Å². The maximum atomic E-state index is 9.15. The molecule has 2 nitrogen and oxygen atoms in total. The molecule has 1 saturated heterocycles. The SMILES string of the molecule is CC(C)(O)CC1CO1. The first-order chi connectivity index (χ1) is 3.58. The zero-order chi connectivity index (χ0) is 6.20. The van der Waals surface area contributed by atoms with Crippen LogP contribution in [0.2, 0.25) is 0 Å². The molecule has 0 amide bonds. The third-order valence-corrected chi connectivity index (χ3v) is 1.13. The van der Waals surface area contributed by atoms with Crippen LogP contribution in [0.15, 0.2) is 0 Å². The molecule has 2 heteroatoms. The number of hydrogen-bond acceptors (Lipinski definition) is 2. The molecule has 1 aliphatic heterocycles. The quantitative estimate of drug-likeness (QED) is 0.534. The Kier molecular flexibility index (Phi) is 1.29. The highest BCUT2D eigenvalue weighted by Gasteiger charge is 2.29. The fourth-order valence-electron chi connectivity index (χ4n) is 0.743. The summed E-state index contributed by atoms with van der Waals surface area (Å²) in [6.07, 6.45) is 1.11. The molecular weight excluding hydrogens is 104 g/mol. The second kappa shape index (κ2) is 1.71. The lowest BCUT2D eigenvalue weighted by Gasteiger charge is -2.13. The van der Waals surface area contributed by atoms with Crippen LogP contribution in [-0.4, -0.2) is 23.4 Å². The smallest absolute Gasteiger partial charge is 0.0837 e. The van der Waals surface area contributed by atoms with Gasteiger partial charge in [0.1, 0.15) is 0 Å². The van der Waals surface area contributed by atoms with Gasteiger partial charge in [-0.3, -0.25) is 0 Å². The summed E-state index contributed by atoms with van der Waals surface area (Å²) < 4.78 is 4.92. The molecule has 1 heterocycles. The molecule has 0 bridgehead atoms. The van der Waals surface area contributed by atoms with Crippen molar-refractivity contribution in [3.63, 3.8) is 0 Å². The highest BCUT2D eigenvalue weighted by Crippen LogP contribution is 2.21. The number of aliphatic hydroxyl groups is 1. The lowest BCUT2D eigenvalue weighted by Crippen LogP contribution is -2.20. The van der Waals surface area contributed by atoms with Crippen LogP contribution in [-0.2, 0) is 4.74 Å². The van der Waals surface area contributed by atoms with Crippen molar-refractivity contribution in [1.82, 2.24) is 0 Å². The highest BCUT2D eigenvalue weighted by molar-refractivity contribution is 4.78. The van der Waals surface area contributed by atoms with E-state index >= 15 is 0 Å². The van der Waals surface area contributed by atoms with Gasteiger partial charge in [-0.15, -0.1) is 0 Å². The van der Waals surface area contributed by atoms with Gasteiger partial charge in [-0.2, -0.15) is 0 Å². The predicted octanol–water partition coefficient (Wildman–Crippen LogP) is 0.546. The lowest BCUT2D eigenvalue weighted by atomic mass is 10.0. The molecule has 0 aromatic carbocycles. The van der Waals surface area contributed by atoms with Gasteiger partial charge in [0.2, 0.25) is 0 Å². The third kappa shape index (κ3) is 2.28. The largest absolute Gasteiger partial charge is 0.390 e. The van der Waals surface area contributed by atoms with Crippen molar-refractivity contribution in [2.45, 2.75) is 32.0 Å². The fraction of sp³-hybridized carbons (Fsp3) is 1.00. The molecule has 0 spiro atoms. The molecule has 1 atom stereocenters. The van der Waals surface area contributed by atoms with E-state index in [4.69, 9.17) is 9.84 Å². The lowest BCUT2D eigenvalue weighted by molar-refractivity contribution is 0.0624. The first kappa shape index (κ1) is 6.05. The van der Waals surface area contributed by atoms with E-state index in [9.17, 15) is 0 Å². The summed E-state index contributed by atoms with van der Waals surface area (Å²) >= 11 is 0. The van der Waals surface area contributed by atoms with E-state index in [-0.39, 0.29) is 0 Å². The summed E-state index contributed by atoms with van der Waals surface area (Å²) in [4.78, 5) is 0. The second-order valence-corrected chi connectivity index (χ2v) is 2.97. The van der Waals surface area contributed by atoms with Crippen molar-refractivity contribution in [2.75, 3.05) is 6.61 Å². The van der Waals surface area contributed by atoms with Crippen molar-refractivity contribution in [3.05, 3.63) is 0 Å². The maximum absolute atomic E-state index is 9.15. The van der Waals surface area contributed by atoms with Crippen LogP contribution < -0.4 is 0 Å². The minimum atomic E-state index is -0.541. The molecule has 1 N–H and O–H groups in total. The summed E-state index contributed by atoms with van der Waals surface area (Å²) in [6, 6.07) is 0. The van der Waals surface area contributed by atoms with Gasteiger partial charge < -0.3 is 9.84 Å². The van der Waals surface area contributed by atoms with Crippen molar-refractivity contribution in [1.29, 1.82) is 0 Å². The number of rotatable bonds is 2. The second-order valence-electron chi connectivity index (χ2n) is 2.97. The van der Waals surface area contributed by atoms with Crippen molar-refractivity contribution >= 4 is 0 Å². The van der Waals surface area contributed by atoms with Gasteiger partial charge in [0, 0.05) is 6.42 Å². The average Bonchev–Trinajstić information content (AvgIpc) is 2.12. The molecule has 0 aliphatic carbocycles. The Bertz CT molecular complexity index is 79.0. The molecule has 0 aromatic rings. The standard InChI is InChI=1S/C6H12O2/c1-6(2,7)3-5-4-8-5/h5,7H,3-4H2,1-2H3. The Morgan fingerprint density at radius 1 is 1.75 bits per heavy atom. The van der Waals surface area contributed by atoms with Crippen LogP contribution in [0, 0.1) is 0 Å². The molecular formula is C6H12O2. The summed E-state index contributed by atoms with van der Waals surface area (Å²) in [7, 11) is 0. The zero-order valence-corrected chi connectivity index (χ0v) is 5.35. The number of hydrogen-bond donors (Lipinski definition) is 1. The Morgan fingerprint density at radius 3 is 2.38 bits per heavy atom. The molecule has 1 aliphatic rings. The van der Waals surface area contributed by atoms with Crippen molar-refractivity contribution in [3.8, 4) is 0 Å². The van der Waals surface area contributed by atoms with Crippen LogP contribution in [0.25, 0.3) is 0 Å². The van der Waals surface area contributed by atoms with Gasteiger partial charge >= 0.3 is 0 Å². The van der Waals surface area contributed by atoms with E-state index in [0.29, 0.717) is 6.10 Å². The Morgan fingerprint density at radius 2 is 2.25 bits per heavy atom. The summed E-state index contributed by atoms with van der Waals surface area (Å²) in [6.45, 7) is 4.44. The Balaban J connectivity index is 2.16. The zero-order valence-electron chi connectivity index (χ0n) is 5.35. The molecule has 1 unspecified atom stereocenters. The van der Waals surface area contributed by atoms with Crippen molar-refractivity contribution in [2.24, 2.45) is 0 Å². The Hall–Kier alpha value is -0.0800. The average molecular weight is 116 g/mol. The monoisotopic (exact) mass is 116 g/mol.